The van der Waals surface area contributed by atoms with Crippen molar-refractivity contribution in [3.05, 3.63) is 0 Å². The van der Waals surface area contributed by atoms with Gasteiger partial charge in [-0.3, -0.25) is 4.79 Å². The van der Waals surface area contributed by atoms with Gasteiger partial charge in [-0.2, -0.15) is 0 Å². The van der Waals surface area contributed by atoms with Crippen molar-refractivity contribution >= 4 is 14.1 Å². The maximum absolute atomic E-state index is 11.7. The highest BCUT2D eigenvalue weighted by molar-refractivity contribution is 6.69. The summed E-state index contributed by atoms with van der Waals surface area (Å²) in [6.07, 6.45) is 6.73. The molecule has 0 spiro atoms. The van der Waals surface area contributed by atoms with Crippen molar-refractivity contribution in [3.8, 4) is 0 Å². The third-order valence-corrected chi connectivity index (χ3v) is 5.52. The van der Waals surface area contributed by atoms with E-state index >= 15 is 0 Å². The Balaban J connectivity index is 2.13. The molecule has 0 saturated heterocycles. The van der Waals surface area contributed by atoms with Crippen molar-refractivity contribution in [2.45, 2.75) is 71.2 Å². The van der Waals surface area contributed by atoms with Crippen molar-refractivity contribution in [2.24, 2.45) is 11.3 Å². The molecule has 0 heterocycles. The van der Waals surface area contributed by atoms with Gasteiger partial charge in [-0.1, -0.05) is 13.3 Å². The number of ketones is 1. The van der Waals surface area contributed by atoms with Crippen LogP contribution in [0.2, 0.25) is 19.6 Å². The molecule has 0 N–H and O–H groups in total. The fraction of sp³-hybridized carbons (Fsp3) is 0.929. The number of rotatable bonds is 2. The second kappa shape index (κ2) is 4.50. The van der Waals surface area contributed by atoms with Crippen molar-refractivity contribution in [2.75, 3.05) is 0 Å². The normalized spacial score (nSPS) is 38.9. The number of carbonyl (C=O) groups excluding carboxylic acids is 1. The zero-order valence-electron chi connectivity index (χ0n) is 11.7. The summed E-state index contributed by atoms with van der Waals surface area (Å²) in [5.41, 5.74) is 0.372. The average molecular weight is 254 g/mol. The van der Waals surface area contributed by atoms with E-state index < -0.39 is 8.32 Å². The van der Waals surface area contributed by atoms with Crippen molar-refractivity contribution in [3.63, 3.8) is 0 Å². The van der Waals surface area contributed by atoms with E-state index in [-0.39, 0.29) is 0 Å². The molecule has 2 fully saturated rings. The molecule has 17 heavy (non-hydrogen) atoms. The molecule has 0 unspecified atom stereocenters. The van der Waals surface area contributed by atoms with Gasteiger partial charge in [0.2, 0.25) is 0 Å². The minimum absolute atomic E-state index is 0.352. The van der Waals surface area contributed by atoms with E-state index in [1.165, 1.54) is 12.8 Å². The van der Waals surface area contributed by atoms with Crippen molar-refractivity contribution < 1.29 is 9.22 Å². The smallest absolute Gasteiger partial charge is 0.184 e. The number of hydrogen-bond acceptors (Lipinski definition) is 2. The van der Waals surface area contributed by atoms with Crippen molar-refractivity contribution in [1.82, 2.24) is 0 Å². The monoisotopic (exact) mass is 254 g/mol. The van der Waals surface area contributed by atoms with Crippen LogP contribution in [-0.4, -0.2) is 20.2 Å². The number of fused-ring (bicyclic) bond motifs is 1. The predicted molar refractivity (Wildman–Crippen MR) is 72.5 cm³/mol. The molecule has 0 amide bonds. The molecule has 98 valence electrons. The predicted octanol–water partition coefficient (Wildman–Crippen LogP) is 3.77. The van der Waals surface area contributed by atoms with E-state index in [0.717, 1.165) is 25.7 Å². The molecule has 0 aromatic rings. The maximum Gasteiger partial charge on any atom is 0.184 e. The molecule has 0 aromatic carbocycles. The summed E-state index contributed by atoms with van der Waals surface area (Å²) in [4.78, 5) is 11.7. The van der Waals surface area contributed by atoms with Crippen LogP contribution in [-0.2, 0) is 9.22 Å². The summed E-state index contributed by atoms with van der Waals surface area (Å²) in [6, 6.07) is 0. The summed E-state index contributed by atoms with van der Waals surface area (Å²) in [7, 11) is -1.49. The average Bonchev–Trinajstić information content (AvgIpc) is 2.18. The highest BCUT2D eigenvalue weighted by Crippen LogP contribution is 2.50. The number of Topliss-reactive ketones (excluding diaryl/α,β-unsaturated/α-hetero) is 1. The van der Waals surface area contributed by atoms with E-state index in [2.05, 4.69) is 26.6 Å². The van der Waals surface area contributed by atoms with Gasteiger partial charge in [0.05, 0.1) is 0 Å². The first-order valence-corrected chi connectivity index (χ1v) is 10.4. The third-order valence-electron chi connectivity index (χ3n) is 4.51. The van der Waals surface area contributed by atoms with Crippen LogP contribution < -0.4 is 0 Å². The van der Waals surface area contributed by atoms with Crippen LogP contribution in [0.4, 0.5) is 0 Å². The lowest BCUT2D eigenvalue weighted by atomic mass is 9.59. The topological polar surface area (TPSA) is 26.3 Å². The highest BCUT2D eigenvalue weighted by Gasteiger charge is 2.46. The Bertz CT molecular complexity index is 308. The lowest BCUT2D eigenvalue weighted by Crippen LogP contribution is -2.48. The van der Waals surface area contributed by atoms with Crippen LogP contribution in [0.1, 0.15) is 45.4 Å². The Labute approximate surface area is 106 Å². The summed E-state index contributed by atoms with van der Waals surface area (Å²) >= 11 is 0. The lowest BCUT2D eigenvalue weighted by molar-refractivity contribution is -0.130. The van der Waals surface area contributed by atoms with E-state index in [0.29, 0.717) is 23.2 Å². The van der Waals surface area contributed by atoms with E-state index in [1.54, 1.807) is 0 Å². The first-order chi connectivity index (χ1) is 7.80. The van der Waals surface area contributed by atoms with E-state index in [1.807, 2.05) is 0 Å². The van der Waals surface area contributed by atoms with Gasteiger partial charge < -0.3 is 4.43 Å². The van der Waals surface area contributed by atoms with Gasteiger partial charge in [-0.25, -0.2) is 0 Å². The first kappa shape index (κ1) is 13.3. The summed E-state index contributed by atoms with van der Waals surface area (Å²) in [5.74, 6) is 0.947. The molecule has 2 rings (SSSR count). The van der Waals surface area contributed by atoms with Crippen molar-refractivity contribution in [1.29, 1.82) is 0 Å². The van der Waals surface area contributed by atoms with Gasteiger partial charge in [0.15, 0.2) is 8.32 Å². The molecule has 0 radical (unpaired) electrons. The minimum atomic E-state index is -1.49. The lowest BCUT2D eigenvalue weighted by Gasteiger charge is -2.49. The van der Waals surface area contributed by atoms with Crippen LogP contribution in [0.25, 0.3) is 0 Å². The standard InChI is InChI=1S/C14H26O2Si/c1-14-8-5-6-13(16-17(2,3)4)12(14)10-11(15)7-9-14/h12-13H,5-10H2,1-4H3/t12-,13-,14+/m1/s1. The Morgan fingerprint density at radius 1 is 1.29 bits per heavy atom. The van der Waals surface area contributed by atoms with E-state index in [4.69, 9.17) is 4.43 Å². The second-order valence-electron chi connectivity index (χ2n) is 7.16. The van der Waals surface area contributed by atoms with Gasteiger partial charge in [0, 0.05) is 18.9 Å². The molecular formula is C14H26O2Si. The largest absolute Gasteiger partial charge is 0.414 e. The summed E-state index contributed by atoms with van der Waals surface area (Å²) in [5, 5.41) is 0. The Kier molecular flexibility index (Phi) is 3.52. The fourth-order valence-corrected chi connectivity index (χ4v) is 4.79. The van der Waals surface area contributed by atoms with Crippen LogP contribution in [0.3, 0.4) is 0 Å². The Morgan fingerprint density at radius 2 is 2.00 bits per heavy atom. The molecule has 2 aliphatic carbocycles. The third kappa shape index (κ3) is 3.00. The van der Waals surface area contributed by atoms with Crippen LogP contribution in [0.5, 0.6) is 0 Å². The number of carbonyl (C=O) groups is 1. The molecule has 0 bridgehead atoms. The minimum Gasteiger partial charge on any atom is -0.414 e. The summed E-state index contributed by atoms with van der Waals surface area (Å²) in [6.45, 7) is 9.14. The van der Waals surface area contributed by atoms with Gasteiger partial charge in [-0.05, 0) is 50.2 Å². The first-order valence-electron chi connectivity index (χ1n) is 7.00. The van der Waals surface area contributed by atoms with Crippen LogP contribution in [0.15, 0.2) is 0 Å². The molecule has 2 nitrogen and oxygen atoms in total. The second-order valence-corrected chi connectivity index (χ2v) is 11.6. The molecule has 0 aliphatic heterocycles. The molecule has 0 aromatic heterocycles. The molecule has 2 aliphatic rings. The van der Waals surface area contributed by atoms with Gasteiger partial charge in [0.1, 0.15) is 5.78 Å². The zero-order valence-corrected chi connectivity index (χ0v) is 12.7. The van der Waals surface area contributed by atoms with Gasteiger partial charge in [-0.15, -0.1) is 0 Å². The Morgan fingerprint density at radius 3 is 2.65 bits per heavy atom. The SMILES string of the molecule is C[C@@]12CCC[C@@H](O[Si](C)(C)C)[C@H]1CC(=O)CC2. The van der Waals surface area contributed by atoms with Gasteiger partial charge >= 0.3 is 0 Å². The molecular weight excluding hydrogens is 228 g/mol. The van der Waals surface area contributed by atoms with Crippen LogP contribution in [0, 0.1) is 11.3 Å². The highest BCUT2D eigenvalue weighted by atomic mass is 28.4. The van der Waals surface area contributed by atoms with Crippen LogP contribution >= 0.6 is 0 Å². The summed E-state index contributed by atoms with van der Waals surface area (Å²) < 4.78 is 6.35. The van der Waals surface area contributed by atoms with Gasteiger partial charge in [0.25, 0.3) is 0 Å². The quantitative estimate of drug-likeness (QED) is 0.701. The molecule has 3 heteroatoms. The fourth-order valence-electron chi connectivity index (χ4n) is 3.60. The number of hydrogen-bond donors (Lipinski definition) is 0. The molecule has 2 saturated carbocycles. The zero-order chi connectivity index (χ0) is 12.7. The van der Waals surface area contributed by atoms with E-state index in [9.17, 15) is 4.79 Å². The molecule has 3 atom stereocenters. The Hall–Kier alpha value is -0.153. The maximum atomic E-state index is 11.7.